The minimum atomic E-state index is -0.366. The number of carbonyl (C=O) groups excluding carboxylic acids is 1. The van der Waals surface area contributed by atoms with E-state index in [0.717, 1.165) is 16.8 Å². The molecule has 0 radical (unpaired) electrons. The van der Waals surface area contributed by atoms with E-state index in [4.69, 9.17) is 9.47 Å². The molecule has 3 rings (SSSR count). The Hall–Kier alpha value is -3.35. The molecule has 0 spiro atoms. The van der Waals surface area contributed by atoms with Crippen LogP contribution in [0.15, 0.2) is 36.4 Å². The molecule has 1 aromatic heterocycles. The maximum absolute atomic E-state index is 12.8. The molecule has 2 aromatic carbocycles. The summed E-state index contributed by atoms with van der Waals surface area (Å²) in [5.74, 6) is 0.778. The van der Waals surface area contributed by atoms with Crippen molar-refractivity contribution in [3.63, 3.8) is 0 Å². The molecule has 1 N–H and O–H groups in total. The van der Waals surface area contributed by atoms with Gasteiger partial charge in [-0.25, -0.2) is 0 Å². The van der Waals surface area contributed by atoms with Gasteiger partial charge >= 0.3 is 0 Å². The topological polar surface area (TPSA) is 78.3 Å². The Morgan fingerprint density at radius 3 is 2.44 bits per heavy atom. The summed E-state index contributed by atoms with van der Waals surface area (Å²) in [6.07, 6.45) is 0. The molecule has 0 saturated carbocycles. The molecule has 3 aromatic rings. The van der Waals surface area contributed by atoms with Crippen LogP contribution in [0.25, 0.3) is 5.69 Å². The van der Waals surface area contributed by atoms with Gasteiger partial charge in [0.25, 0.3) is 5.91 Å². The molecule has 0 saturated heterocycles. The van der Waals surface area contributed by atoms with Crippen molar-refractivity contribution in [2.45, 2.75) is 20.8 Å². The van der Waals surface area contributed by atoms with Gasteiger partial charge in [0.2, 0.25) is 0 Å². The lowest BCUT2D eigenvalue weighted by Crippen LogP contribution is -2.15. The van der Waals surface area contributed by atoms with Crippen LogP contribution < -0.4 is 14.8 Å². The van der Waals surface area contributed by atoms with E-state index in [1.54, 1.807) is 39.3 Å². The van der Waals surface area contributed by atoms with E-state index >= 15 is 0 Å². The van der Waals surface area contributed by atoms with Crippen LogP contribution in [0.2, 0.25) is 0 Å². The van der Waals surface area contributed by atoms with E-state index < -0.39 is 0 Å². The van der Waals surface area contributed by atoms with Crippen LogP contribution in [0.4, 0.5) is 5.69 Å². The summed E-state index contributed by atoms with van der Waals surface area (Å²) in [7, 11) is 3.10. The highest BCUT2D eigenvalue weighted by Crippen LogP contribution is 2.29. The first-order chi connectivity index (χ1) is 12.9. The second-order valence-corrected chi connectivity index (χ2v) is 6.23. The molecule has 0 aliphatic rings. The fourth-order valence-corrected chi connectivity index (χ4v) is 2.82. The fourth-order valence-electron chi connectivity index (χ4n) is 2.82. The van der Waals surface area contributed by atoms with Crippen LogP contribution in [0.1, 0.15) is 27.3 Å². The molecule has 0 fully saturated rings. The van der Waals surface area contributed by atoms with Crippen LogP contribution in [0, 0.1) is 20.8 Å². The molecule has 27 heavy (non-hydrogen) atoms. The number of aromatic nitrogens is 3. The third-order valence-electron chi connectivity index (χ3n) is 4.22. The number of anilines is 1. The van der Waals surface area contributed by atoms with E-state index in [9.17, 15) is 4.79 Å². The number of rotatable bonds is 5. The molecule has 0 aliphatic carbocycles. The minimum Gasteiger partial charge on any atom is -0.497 e. The smallest absolute Gasteiger partial charge is 0.278 e. The number of carbonyl (C=O) groups is 1. The molecule has 0 aliphatic heterocycles. The summed E-state index contributed by atoms with van der Waals surface area (Å²) in [4.78, 5) is 14.3. The van der Waals surface area contributed by atoms with E-state index in [1.807, 2.05) is 26.0 Å². The van der Waals surface area contributed by atoms with Gasteiger partial charge in [-0.3, -0.25) is 4.79 Å². The van der Waals surface area contributed by atoms with Crippen LogP contribution in [-0.4, -0.2) is 35.1 Å². The van der Waals surface area contributed by atoms with Crippen LogP contribution in [0.3, 0.4) is 0 Å². The van der Waals surface area contributed by atoms with Crippen LogP contribution in [-0.2, 0) is 0 Å². The van der Waals surface area contributed by atoms with Gasteiger partial charge in [-0.15, -0.1) is 5.10 Å². The number of methoxy groups -OCH3 is 2. The van der Waals surface area contributed by atoms with Crippen molar-refractivity contribution in [1.82, 2.24) is 15.0 Å². The van der Waals surface area contributed by atoms with Crippen molar-refractivity contribution in [2.75, 3.05) is 19.5 Å². The summed E-state index contributed by atoms with van der Waals surface area (Å²) >= 11 is 0. The summed E-state index contributed by atoms with van der Waals surface area (Å²) in [6, 6.07) is 11.2. The first-order valence-electron chi connectivity index (χ1n) is 8.48. The van der Waals surface area contributed by atoms with E-state index in [0.29, 0.717) is 22.9 Å². The highest BCUT2D eigenvalue weighted by molar-refractivity contribution is 6.04. The largest absolute Gasteiger partial charge is 0.497 e. The quantitative estimate of drug-likeness (QED) is 0.748. The monoisotopic (exact) mass is 366 g/mol. The first kappa shape index (κ1) is 18.4. The Labute approximate surface area is 157 Å². The molecule has 7 heteroatoms. The number of ether oxygens (including phenoxy) is 2. The van der Waals surface area contributed by atoms with E-state index in [1.165, 1.54) is 4.80 Å². The summed E-state index contributed by atoms with van der Waals surface area (Å²) < 4.78 is 10.5. The van der Waals surface area contributed by atoms with Gasteiger partial charge < -0.3 is 14.8 Å². The minimum absolute atomic E-state index is 0.250. The summed E-state index contributed by atoms with van der Waals surface area (Å²) in [5, 5.41) is 11.6. The number of hydrogen-bond acceptors (Lipinski definition) is 5. The van der Waals surface area contributed by atoms with Gasteiger partial charge in [-0.2, -0.15) is 9.90 Å². The maximum atomic E-state index is 12.8. The van der Waals surface area contributed by atoms with Gasteiger partial charge in [-0.05, 0) is 44.5 Å². The summed E-state index contributed by atoms with van der Waals surface area (Å²) in [6.45, 7) is 5.77. The molecule has 7 nitrogen and oxygen atoms in total. The second-order valence-electron chi connectivity index (χ2n) is 6.23. The number of benzene rings is 2. The third-order valence-corrected chi connectivity index (χ3v) is 4.22. The van der Waals surface area contributed by atoms with Gasteiger partial charge in [0, 0.05) is 6.07 Å². The molecule has 0 unspecified atom stereocenters. The lowest BCUT2D eigenvalue weighted by atomic mass is 10.1. The van der Waals surface area contributed by atoms with Crippen molar-refractivity contribution in [1.29, 1.82) is 0 Å². The second kappa shape index (κ2) is 7.49. The lowest BCUT2D eigenvalue weighted by Gasteiger charge is -2.11. The third kappa shape index (κ3) is 3.76. The maximum Gasteiger partial charge on any atom is 0.278 e. The van der Waals surface area contributed by atoms with Crippen molar-refractivity contribution < 1.29 is 14.3 Å². The summed E-state index contributed by atoms with van der Waals surface area (Å²) in [5.41, 5.74) is 4.31. The Morgan fingerprint density at radius 1 is 1.00 bits per heavy atom. The molecule has 1 heterocycles. The van der Waals surface area contributed by atoms with Crippen LogP contribution in [0.5, 0.6) is 11.5 Å². The van der Waals surface area contributed by atoms with Crippen LogP contribution >= 0.6 is 0 Å². The average molecular weight is 366 g/mol. The standard InChI is InChI=1S/C20H22N4O3/c1-12-6-8-17(13(2)10-12)24-22-14(3)19(23-24)20(25)21-16-11-15(26-4)7-9-18(16)27-5/h6-11H,1-5H3,(H,21,25). The molecular formula is C20H22N4O3. The van der Waals surface area contributed by atoms with Crippen molar-refractivity contribution in [3.05, 3.63) is 58.9 Å². The van der Waals surface area contributed by atoms with Crippen molar-refractivity contribution >= 4 is 11.6 Å². The zero-order valence-electron chi connectivity index (χ0n) is 16.0. The highest BCUT2D eigenvalue weighted by Gasteiger charge is 2.19. The molecule has 1 amide bonds. The fraction of sp³-hybridized carbons (Fsp3) is 0.250. The SMILES string of the molecule is COc1ccc(OC)c(NC(=O)c2nn(-c3ccc(C)cc3C)nc2C)c1. The number of hydrogen-bond donors (Lipinski definition) is 1. The predicted molar refractivity (Wildman–Crippen MR) is 103 cm³/mol. The molecule has 140 valence electrons. The Bertz CT molecular complexity index is 995. The van der Waals surface area contributed by atoms with E-state index in [-0.39, 0.29) is 11.6 Å². The van der Waals surface area contributed by atoms with Crippen molar-refractivity contribution in [3.8, 4) is 17.2 Å². The Kier molecular flexibility index (Phi) is 5.12. The number of amides is 1. The number of nitrogens with zero attached hydrogens (tertiary/aromatic N) is 3. The normalized spacial score (nSPS) is 10.6. The van der Waals surface area contributed by atoms with Crippen molar-refractivity contribution in [2.24, 2.45) is 0 Å². The highest BCUT2D eigenvalue weighted by atomic mass is 16.5. The van der Waals surface area contributed by atoms with Gasteiger partial charge in [0.15, 0.2) is 5.69 Å². The van der Waals surface area contributed by atoms with E-state index in [2.05, 4.69) is 21.6 Å². The number of aryl methyl sites for hydroxylation is 3. The van der Waals surface area contributed by atoms with Gasteiger partial charge in [-0.1, -0.05) is 17.7 Å². The average Bonchev–Trinajstić information content (AvgIpc) is 3.03. The zero-order valence-corrected chi connectivity index (χ0v) is 16.0. The predicted octanol–water partition coefficient (Wildman–Crippen LogP) is 3.46. The van der Waals surface area contributed by atoms with Gasteiger partial charge in [0.05, 0.1) is 31.3 Å². The number of nitrogens with one attached hydrogen (secondary N) is 1. The Balaban J connectivity index is 1.91. The lowest BCUT2D eigenvalue weighted by molar-refractivity contribution is 0.102. The first-order valence-corrected chi connectivity index (χ1v) is 8.48. The Morgan fingerprint density at radius 2 is 1.78 bits per heavy atom. The zero-order chi connectivity index (χ0) is 19.6. The molecule has 0 bridgehead atoms. The van der Waals surface area contributed by atoms with Gasteiger partial charge in [0.1, 0.15) is 11.5 Å². The molecule has 0 atom stereocenters. The molecular weight excluding hydrogens is 344 g/mol.